The van der Waals surface area contributed by atoms with Crippen LogP contribution in [0.1, 0.15) is 31.3 Å². The molecule has 0 radical (unpaired) electrons. The first-order chi connectivity index (χ1) is 9.99. The third kappa shape index (κ3) is 3.42. The van der Waals surface area contributed by atoms with Gasteiger partial charge in [-0.05, 0) is 6.92 Å². The second kappa shape index (κ2) is 6.14. The van der Waals surface area contributed by atoms with Crippen LogP contribution in [0.15, 0.2) is 29.4 Å². The van der Waals surface area contributed by atoms with Crippen LogP contribution in [-0.4, -0.2) is 23.1 Å². The van der Waals surface area contributed by atoms with Gasteiger partial charge in [0.2, 0.25) is 0 Å². The summed E-state index contributed by atoms with van der Waals surface area (Å²) in [6, 6.07) is 6.18. The van der Waals surface area contributed by atoms with Gasteiger partial charge in [-0.1, -0.05) is 35.6 Å². The number of hydrogen-bond acceptors (Lipinski definition) is 7. The number of nitrogens with one attached hydrogen (secondary N) is 1. The normalized spacial score (nSPS) is 10.7. The van der Waals surface area contributed by atoms with Crippen molar-refractivity contribution in [3.8, 4) is 0 Å². The molecule has 0 aliphatic rings. The van der Waals surface area contributed by atoms with Gasteiger partial charge in [0.05, 0.1) is 17.9 Å². The molecule has 0 unspecified atom stereocenters. The summed E-state index contributed by atoms with van der Waals surface area (Å²) in [7, 11) is 0. The van der Waals surface area contributed by atoms with Gasteiger partial charge >= 0.3 is 0 Å². The highest BCUT2D eigenvalue weighted by Crippen LogP contribution is 2.19. The van der Waals surface area contributed by atoms with Crippen LogP contribution < -0.4 is 16.3 Å². The Labute approximate surface area is 124 Å². The second-order valence-corrected chi connectivity index (χ2v) is 5.07. The summed E-state index contributed by atoms with van der Waals surface area (Å²) < 4.78 is 0. The smallest absolute Gasteiger partial charge is 0.283 e. The fraction of sp³-hybridized carbons (Fsp3) is 0.0769. The first kappa shape index (κ1) is 14.7. The van der Waals surface area contributed by atoms with Gasteiger partial charge in [-0.2, -0.15) is 5.10 Å². The molecule has 0 saturated heterocycles. The number of nitrogens with two attached hydrogens (primary N) is 1. The Morgan fingerprint density at radius 2 is 2.14 bits per heavy atom. The molecule has 0 aliphatic heterocycles. The number of aromatic carboxylic acids is 1. The van der Waals surface area contributed by atoms with Crippen LogP contribution in [0.3, 0.4) is 0 Å². The molecule has 0 bridgehead atoms. The zero-order valence-corrected chi connectivity index (χ0v) is 11.8. The number of hydrazone groups is 1. The minimum atomic E-state index is -1.31. The van der Waals surface area contributed by atoms with Crippen molar-refractivity contribution in [2.24, 2.45) is 5.10 Å². The minimum Gasteiger partial charge on any atom is -0.545 e. The highest BCUT2D eigenvalue weighted by molar-refractivity contribution is 7.17. The van der Waals surface area contributed by atoms with E-state index in [4.69, 9.17) is 5.73 Å². The molecule has 8 heteroatoms. The van der Waals surface area contributed by atoms with Gasteiger partial charge in [0.1, 0.15) is 4.88 Å². The molecular formula is C13H11N4O3S-. The predicted octanol–water partition coefficient (Wildman–Crippen LogP) is 0.161. The van der Waals surface area contributed by atoms with Crippen LogP contribution >= 0.6 is 11.3 Å². The number of rotatable bonds is 4. The van der Waals surface area contributed by atoms with Gasteiger partial charge in [0.15, 0.2) is 5.13 Å². The van der Waals surface area contributed by atoms with E-state index in [0.717, 1.165) is 11.3 Å². The lowest BCUT2D eigenvalue weighted by molar-refractivity contribution is -0.255. The fourth-order valence-electron chi connectivity index (χ4n) is 1.63. The van der Waals surface area contributed by atoms with Crippen molar-refractivity contribution in [1.29, 1.82) is 0 Å². The SMILES string of the molecule is Cc1nc(N)sc1C(=O)N/N=C/c1ccccc1C(=O)[O-]. The number of benzene rings is 1. The number of aryl methyl sites for hydroxylation is 1. The predicted molar refractivity (Wildman–Crippen MR) is 77.1 cm³/mol. The number of carboxylic acid groups (broad SMARTS) is 1. The van der Waals surface area contributed by atoms with Crippen LogP contribution in [0.5, 0.6) is 0 Å². The Kier molecular flexibility index (Phi) is 4.29. The first-order valence-electron chi connectivity index (χ1n) is 5.85. The molecule has 1 heterocycles. The summed E-state index contributed by atoms with van der Waals surface area (Å²) in [4.78, 5) is 27.0. The van der Waals surface area contributed by atoms with Crippen molar-refractivity contribution < 1.29 is 14.7 Å². The Hall–Kier alpha value is -2.74. The van der Waals surface area contributed by atoms with Crippen LogP contribution in [0.25, 0.3) is 0 Å². The van der Waals surface area contributed by atoms with Gasteiger partial charge in [0, 0.05) is 11.1 Å². The van der Waals surface area contributed by atoms with Crippen LogP contribution in [0, 0.1) is 6.92 Å². The first-order valence-corrected chi connectivity index (χ1v) is 6.67. The molecule has 0 atom stereocenters. The van der Waals surface area contributed by atoms with Gasteiger partial charge in [0.25, 0.3) is 5.91 Å². The maximum absolute atomic E-state index is 11.8. The minimum absolute atomic E-state index is 0.00582. The Balaban J connectivity index is 2.11. The van der Waals surface area contributed by atoms with E-state index in [1.54, 1.807) is 25.1 Å². The van der Waals surface area contributed by atoms with Crippen molar-refractivity contribution in [3.63, 3.8) is 0 Å². The van der Waals surface area contributed by atoms with E-state index in [9.17, 15) is 14.7 Å². The number of nitrogen functional groups attached to an aromatic ring is 1. The highest BCUT2D eigenvalue weighted by Gasteiger charge is 2.13. The number of nitrogens with zero attached hydrogens (tertiary/aromatic N) is 2. The van der Waals surface area contributed by atoms with Crippen molar-refractivity contribution in [3.05, 3.63) is 46.0 Å². The van der Waals surface area contributed by atoms with Gasteiger partial charge < -0.3 is 15.6 Å². The van der Waals surface area contributed by atoms with Gasteiger partial charge in [-0.3, -0.25) is 4.79 Å². The lowest BCUT2D eigenvalue weighted by Gasteiger charge is -2.05. The largest absolute Gasteiger partial charge is 0.545 e. The molecule has 2 rings (SSSR count). The Morgan fingerprint density at radius 3 is 2.76 bits per heavy atom. The molecule has 1 amide bonds. The average Bonchev–Trinajstić information content (AvgIpc) is 2.78. The van der Waals surface area contributed by atoms with Crippen molar-refractivity contribution >= 4 is 34.6 Å². The van der Waals surface area contributed by atoms with Crippen molar-refractivity contribution in [2.45, 2.75) is 6.92 Å². The maximum atomic E-state index is 11.8. The zero-order valence-electron chi connectivity index (χ0n) is 11.0. The molecule has 0 spiro atoms. The summed E-state index contributed by atoms with van der Waals surface area (Å²) in [5.74, 6) is -1.77. The number of anilines is 1. The summed E-state index contributed by atoms with van der Waals surface area (Å²) in [5, 5.41) is 14.9. The summed E-state index contributed by atoms with van der Waals surface area (Å²) in [6.45, 7) is 1.66. The molecule has 1 aromatic heterocycles. The molecule has 108 valence electrons. The van der Waals surface area contributed by atoms with E-state index in [0.29, 0.717) is 21.3 Å². The number of carboxylic acids is 1. The Bertz CT molecular complexity index is 724. The van der Waals surface area contributed by atoms with E-state index >= 15 is 0 Å². The third-order valence-electron chi connectivity index (χ3n) is 2.57. The average molecular weight is 303 g/mol. The zero-order chi connectivity index (χ0) is 15.4. The van der Waals surface area contributed by atoms with Crippen molar-refractivity contribution in [1.82, 2.24) is 10.4 Å². The maximum Gasteiger partial charge on any atom is 0.283 e. The number of carbonyl (C=O) groups excluding carboxylic acids is 2. The molecule has 1 aromatic carbocycles. The molecule has 7 nitrogen and oxygen atoms in total. The number of hydrogen-bond donors (Lipinski definition) is 2. The lowest BCUT2D eigenvalue weighted by Crippen LogP contribution is -2.24. The van der Waals surface area contributed by atoms with E-state index in [1.165, 1.54) is 12.3 Å². The highest BCUT2D eigenvalue weighted by atomic mass is 32.1. The van der Waals surface area contributed by atoms with E-state index in [1.807, 2.05) is 0 Å². The van der Waals surface area contributed by atoms with Crippen LogP contribution in [-0.2, 0) is 0 Å². The quantitative estimate of drug-likeness (QED) is 0.615. The summed E-state index contributed by atoms with van der Waals surface area (Å²) in [6.07, 6.45) is 1.24. The number of carbonyl (C=O) groups is 2. The van der Waals surface area contributed by atoms with Gasteiger partial charge in [-0.25, -0.2) is 10.4 Å². The van der Waals surface area contributed by atoms with E-state index in [-0.39, 0.29) is 5.56 Å². The fourth-order valence-corrected chi connectivity index (χ4v) is 2.36. The molecule has 21 heavy (non-hydrogen) atoms. The lowest BCUT2D eigenvalue weighted by atomic mass is 10.1. The summed E-state index contributed by atoms with van der Waals surface area (Å²) in [5.41, 5.74) is 8.65. The molecular weight excluding hydrogens is 292 g/mol. The molecule has 3 N–H and O–H groups in total. The van der Waals surface area contributed by atoms with Crippen molar-refractivity contribution in [2.75, 3.05) is 5.73 Å². The number of thiazole rings is 1. The molecule has 0 fully saturated rings. The molecule has 0 saturated carbocycles. The number of aromatic nitrogens is 1. The standard InChI is InChI=1S/C13H12N4O3S/c1-7-10(21-13(14)16-7)11(18)17-15-6-8-4-2-3-5-9(8)12(19)20/h2-6H,1H3,(H2,14,16)(H,17,18)(H,19,20)/p-1/b15-6+. The molecule has 2 aromatic rings. The Morgan fingerprint density at radius 1 is 1.43 bits per heavy atom. The second-order valence-electron chi connectivity index (χ2n) is 4.04. The van der Waals surface area contributed by atoms with E-state index < -0.39 is 11.9 Å². The van der Waals surface area contributed by atoms with Crippen LogP contribution in [0.4, 0.5) is 5.13 Å². The van der Waals surface area contributed by atoms with Gasteiger partial charge in [-0.15, -0.1) is 0 Å². The topological polar surface area (TPSA) is 120 Å². The number of amides is 1. The molecule has 0 aliphatic carbocycles. The summed E-state index contributed by atoms with van der Waals surface area (Å²) >= 11 is 1.05. The third-order valence-corrected chi connectivity index (χ3v) is 3.56. The van der Waals surface area contributed by atoms with Crippen LogP contribution in [0.2, 0.25) is 0 Å². The van der Waals surface area contributed by atoms with E-state index in [2.05, 4.69) is 15.5 Å². The monoisotopic (exact) mass is 303 g/mol.